The maximum absolute atomic E-state index is 13.5. The number of halogens is 1. The quantitative estimate of drug-likeness (QED) is 0.706. The number of pyridine rings is 1. The zero-order valence-electron chi connectivity index (χ0n) is 13.6. The minimum absolute atomic E-state index is 0.250. The minimum Gasteiger partial charge on any atom is -0.388 e. The summed E-state index contributed by atoms with van der Waals surface area (Å²) in [6.07, 6.45) is 3.80. The molecule has 4 heteroatoms. The van der Waals surface area contributed by atoms with Gasteiger partial charge in [0.05, 0.1) is 11.2 Å². The Labute approximate surface area is 140 Å². The van der Waals surface area contributed by atoms with Gasteiger partial charge in [0.25, 0.3) is 0 Å². The van der Waals surface area contributed by atoms with Crippen molar-refractivity contribution >= 4 is 22.3 Å². The Morgan fingerprint density at radius 1 is 1.08 bits per heavy atom. The SMILES string of the molecule is CNc1cc(-c2cccc(F)c2)nc2ccc(NC3CCC3)cc12. The molecule has 0 atom stereocenters. The van der Waals surface area contributed by atoms with E-state index < -0.39 is 0 Å². The van der Waals surface area contributed by atoms with E-state index in [1.165, 1.54) is 31.4 Å². The number of nitrogens with one attached hydrogen (secondary N) is 2. The first-order chi connectivity index (χ1) is 11.7. The molecule has 1 aliphatic carbocycles. The molecule has 0 aliphatic heterocycles. The number of anilines is 2. The lowest BCUT2D eigenvalue weighted by Crippen LogP contribution is -2.26. The van der Waals surface area contributed by atoms with E-state index in [-0.39, 0.29) is 5.82 Å². The fourth-order valence-electron chi connectivity index (χ4n) is 3.11. The fourth-order valence-corrected chi connectivity index (χ4v) is 3.11. The molecule has 24 heavy (non-hydrogen) atoms. The summed E-state index contributed by atoms with van der Waals surface area (Å²) < 4.78 is 13.5. The van der Waals surface area contributed by atoms with Gasteiger partial charge in [0.15, 0.2) is 0 Å². The van der Waals surface area contributed by atoms with E-state index in [1.807, 2.05) is 25.2 Å². The van der Waals surface area contributed by atoms with Crippen molar-refractivity contribution in [3.63, 3.8) is 0 Å². The summed E-state index contributed by atoms with van der Waals surface area (Å²) in [7, 11) is 1.90. The Kier molecular flexibility index (Phi) is 3.81. The van der Waals surface area contributed by atoms with Crippen LogP contribution < -0.4 is 10.6 Å². The van der Waals surface area contributed by atoms with Gasteiger partial charge in [-0.1, -0.05) is 12.1 Å². The summed E-state index contributed by atoms with van der Waals surface area (Å²) in [5.41, 5.74) is 4.58. The van der Waals surface area contributed by atoms with Gasteiger partial charge in [-0.2, -0.15) is 0 Å². The van der Waals surface area contributed by atoms with Crippen LogP contribution in [0.15, 0.2) is 48.5 Å². The van der Waals surface area contributed by atoms with Crippen molar-refractivity contribution in [2.75, 3.05) is 17.7 Å². The highest BCUT2D eigenvalue weighted by Gasteiger charge is 2.17. The van der Waals surface area contributed by atoms with Crippen LogP contribution >= 0.6 is 0 Å². The van der Waals surface area contributed by atoms with E-state index in [0.29, 0.717) is 6.04 Å². The molecule has 1 saturated carbocycles. The van der Waals surface area contributed by atoms with Crippen LogP contribution in [0.4, 0.5) is 15.8 Å². The van der Waals surface area contributed by atoms with Crippen molar-refractivity contribution in [2.45, 2.75) is 25.3 Å². The van der Waals surface area contributed by atoms with Crippen LogP contribution in [0.5, 0.6) is 0 Å². The molecule has 1 fully saturated rings. The molecule has 0 radical (unpaired) electrons. The molecule has 0 spiro atoms. The number of rotatable bonds is 4. The molecule has 0 saturated heterocycles. The van der Waals surface area contributed by atoms with Crippen molar-refractivity contribution < 1.29 is 4.39 Å². The third-order valence-corrected chi connectivity index (χ3v) is 4.67. The van der Waals surface area contributed by atoms with Gasteiger partial charge >= 0.3 is 0 Å². The van der Waals surface area contributed by atoms with Gasteiger partial charge in [-0.15, -0.1) is 0 Å². The van der Waals surface area contributed by atoms with Crippen molar-refractivity contribution in [2.24, 2.45) is 0 Å². The Bertz CT molecular complexity index is 887. The predicted octanol–water partition coefficient (Wildman–Crippen LogP) is 5.05. The molecule has 1 aliphatic rings. The molecule has 2 N–H and O–H groups in total. The standard InChI is InChI=1S/C20H20FN3/c1-22-20-12-19(13-4-2-5-14(21)10-13)24-18-9-8-16(11-17(18)20)23-15-6-3-7-15/h2,4-5,8-12,15,23H,3,6-7H2,1H3,(H,22,24). The van der Waals surface area contributed by atoms with Crippen LogP contribution in [0.3, 0.4) is 0 Å². The maximum atomic E-state index is 13.5. The van der Waals surface area contributed by atoms with Gasteiger partial charge < -0.3 is 10.6 Å². The molecule has 2 aromatic carbocycles. The summed E-state index contributed by atoms with van der Waals surface area (Å²) in [6, 6.07) is 15.4. The van der Waals surface area contributed by atoms with Gasteiger partial charge in [0, 0.05) is 35.4 Å². The first kappa shape index (κ1) is 14.9. The highest BCUT2D eigenvalue weighted by molar-refractivity contribution is 5.95. The molecular formula is C20H20FN3. The van der Waals surface area contributed by atoms with Crippen molar-refractivity contribution in [3.8, 4) is 11.3 Å². The highest BCUT2D eigenvalue weighted by atomic mass is 19.1. The minimum atomic E-state index is -0.250. The Morgan fingerprint density at radius 3 is 2.67 bits per heavy atom. The zero-order chi connectivity index (χ0) is 16.5. The van der Waals surface area contributed by atoms with Gasteiger partial charge in [0.1, 0.15) is 5.82 Å². The smallest absolute Gasteiger partial charge is 0.123 e. The van der Waals surface area contributed by atoms with Gasteiger partial charge in [-0.05, 0) is 55.7 Å². The molecule has 0 amide bonds. The highest BCUT2D eigenvalue weighted by Crippen LogP contribution is 2.31. The molecule has 122 valence electrons. The van der Waals surface area contributed by atoms with Crippen LogP contribution in [0.2, 0.25) is 0 Å². The number of fused-ring (bicyclic) bond motifs is 1. The second-order valence-electron chi connectivity index (χ2n) is 6.32. The molecule has 1 heterocycles. The number of nitrogens with zero attached hydrogens (tertiary/aromatic N) is 1. The van der Waals surface area contributed by atoms with E-state index in [9.17, 15) is 4.39 Å². The van der Waals surface area contributed by atoms with Crippen LogP contribution in [0.25, 0.3) is 22.2 Å². The Balaban J connectivity index is 1.77. The van der Waals surface area contributed by atoms with Gasteiger partial charge in [-0.25, -0.2) is 9.37 Å². The average molecular weight is 321 g/mol. The monoisotopic (exact) mass is 321 g/mol. The van der Waals surface area contributed by atoms with E-state index in [1.54, 1.807) is 6.07 Å². The predicted molar refractivity (Wildman–Crippen MR) is 97.9 cm³/mol. The summed E-state index contributed by atoms with van der Waals surface area (Å²) in [5.74, 6) is -0.250. The largest absolute Gasteiger partial charge is 0.388 e. The van der Waals surface area contributed by atoms with Crippen LogP contribution in [0, 0.1) is 5.82 Å². The molecule has 0 unspecified atom stereocenters. The van der Waals surface area contributed by atoms with Crippen molar-refractivity contribution in [1.82, 2.24) is 4.98 Å². The number of hydrogen-bond acceptors (Lipinski definition) is 3. The Morgan fingerprint density at radius 2 is 1.96 bits per heavy atom. The van der Waals surface area contributed by atoms with Crippen LogP contribution in [-0.2, 0) is 0 Å². The first-order valence-electron chi connectivity index (χ1n) is 8.38. The number of aromatic nitrogens is 1. The van der Waals surface area contributed by atoms with Crippen molar-refractivity contribution in [1.29, 1.82) is 0 Å². The molecule has 3 aromatic rings. The summed E-state index contributed by atoms with van der Waals surface area (Å²) >= 11 is 0. The van der Waals surface area contributed by atoms with E-state index in [4.69, 9.17) is 4.98 Å². The second-order valence-corrected chi connectivity index (χ2v) is 6.32. The second kappa shape index (κ2) is 6.11. The van der Waals surface area contributed by atoms with Crippen LogP contribution in [-0.4, -0.2) is 18.1 Å². The molecule has 0 bridgehead atoms. The summed E-state index contributed by atoms with van der Waals surface area (Å²) in [5, 5.41) is 7.88. The van der Waals surface area contributed by atoms with E-state index >= 15 is 0 Å². The molecular weight excluding hydrogens is 301 g/mol. The lowest BCUT2D eigenvalue weighted by molar-refractivity contribution is 0.445. The van der Waals surface area contributed by atoms with E-state index in [0.717, 1.165) is 33.5 Å². The Hall–Kier alpha value is -2.62. The molecule has 4 rings (SSSR count). The fraction of sp³-hybridized carbons (Fsp3) is 0.250. The summed E-state index contributed by atoms with van der Waals surface area (Å²) in [4.78, 5) is 4.72. The zero-order valence-corrected chi connectivity index (χ0v) is 13.6. The summed E-state index contributed by atoms with van der Waals surface area (Å²) in [6.45, 7) is 0. The normalized spacial score (nSPS) is 14.4. The topological polar surface area (TPSA) is 37.0 Å². The lowest BCUT2D eigenvalue weighted by atomic mass is 9.93. The van der Waals surface area contributed by atoms with Crippen molar-refractivity contribution in [3.05, 3.63) is 54.3 Å². The van der Waals surface area contributed by atoms with Gasteiger partial charge in [-0.3, -0.25) is 0 Å². The van der Waals surface area contributed by atoms with E-state index in [2.05, 4.69) is 22.8 Å². The molecule has 3 nitrogen and oxygen atoms in total. The number of benzene rings is 2. The van der Waals surface area contributed by atoms with Crippen LogP contribution in [0.1, 0.15) is 19.3 Å². The maximum Gasteiger partial charge on any atom is 0.123 e. The molecule has 1 aromatic heterocycles. The van der Waals surface area contributed by atoms with Gasteiger partial charge in [0.2, 0.25) is 0 Å². The third-order valence-electron chi connectivity index (χ3n) is 4.67. The lowest BCUT2D eigenvalue weighted by Gasteiger charge is -2.27. The third kappa shape index (κ3) is 2.80. The number of hydrogen-bond donors (Lipinski definition) is 2. The average Bonchev–Trinajstić information content (AvgIpc) is 2.57. The first-order valence-corrected chi connectivity index (χ1v) is 8.38.